The SMILES string of the molecule is Cc1cc(N=CN2CCCCC2)c(C)cc1Cc1ccccc1F. The van der Waals surface area contributed by atoms with Gasteiger partial charge in [0.1, 0.15) is 5.82 Å². The first-order valence-electron chi connectivity index (χ1n) is 8.75. The van der Waals surface area contributed by atoms with Gasteiger partial charge in [0, 0.05) is 19.5 Å². The molecule has 1 fully saturated rings. The van der Waals surface area contributed by atoms with Gasteiger partial charge in [0.2, 0.25) is 0 Å². The number of piperidine rings is 1. The molecule has 2 nitrogen and oxygen atoms in total. The van der Waals surface area contributed by atoms with Gasteiger partial charge in [-0.1, -0.05) is 24.3 Å². The summed E-state index contributed by atoms with van der Waals surface area (Å²) >= 11 is 0. The van der Waals surface area contributed by atoms with Crippen LogP contribution in [0.1, 0.15) is 41.5 Å². The zero-order valence-electron chi connectivity index (χ0n) is 14.6. The van der Waals surface area contributed by atoms with Crippen molar-refractivity contribution in [1.29, 1.82) is 0 Å². The van der Waals surface area contributed by atoms with E-state index in [0.29, 0.717) is 6.42 Å². The highest BCUT2D eigenvalue weighted by Crippen LogP contribution is 2.25. The lowest BCUT2D eigenvalue weighted by Gasteiger charge is -2.24. The summed E-state index contributed by atoms with van der Waals surface area (Å²) < 4.78 is 13.9. The maximum absolute atomic E-state index is 13.9. The second kappa shape index (κ2) is 7.61. The number of aryl methyl sites for hydroxylation is 2. The van der Waals surface area contributed by atoms with Gasteiger partial charge < -0.3 is 4.90 Å². The molecule has 2 aromatic rings. The van der Waals surface area contributed by atoms with Crippen LogP contribution in [0.25, 0.3) is 0 Å². The van der Waals surface area contributed by atoms with Crippen molar-refractivity contribution in [3.8, 4) is 0 Å². The fourth-order valence-corrected chi connectivity index (χ4v) is 3.21. The lowest BCUT2D eigenvalue weighted by atomic mass is 9.97. The second-order valence-corrected chi connectivity index (χ2v) is 6.67. The lowest BCUT2D eigenvalue weighted by Crippen LogP contribution is -2.28. The largest absolute Gasteiger partial charge is 0.363 e. The fraction of sp³-hybridized carbons (Fsp3) is 0.381. The number of rotatable bonds is 4. The number of nitrogens with zero attached hydrogens (tertiary/aromatic N) is 2. The predicted octanol–water partition coefficient (Wildman–Crippen LogP) is 5.18. The Kier molecular flexibility index (Phi) is 5.29. The number of hydrogen-bond donors (Lipinski definition) is 0. The van der Waals surface area contributed by atoms with E-state index in [2.05, 4.69) is 35.9 Å². The fourth-order valence-electron chi connectivity index (χ4n) is 3.21. The molecule has 1 saturated heterocycles. The average molecular weight is 324 g/mol. The van der Waals surface area contributed by atoms with Crippen LogP contribution in [0.15, 0.2) is 41.4 Å². The molecule has 0 spiro atoms. The highest BCUT2D eigenvalue weighted by molar-refractivity contribution is 5.64. The summed E-state index contributed by atoms with van der Waals surface area (Å²) in [7, 11) is 0. The topological polar surface area (TPSA) is 15.6 Å². The van der Waals surface area contributed by atoms with Crippen molar-refractivity contribution in [1.82, 2.24) is 4.90 Å². The minimum Gasteiger partial charge on any atom is -0.363 e. The monoisotopic (exact) mass is 324 g/mol. The molecule has 3 rings (SSSR count). The Hall–Kier alpha value is -2.16. The zero-order chi connectivity index (χ0) is 16.9. The van der Waals surface area contributed by atoms with Gasteiger partial charge in [-0.25, -0.2) is 9.38 Å². The highest BCUT2D eigenvalue weighted by atomic mass is 19.1. The second-order valence-electron chi connectivity index (χ2n) is 6.67. The van der Waals surface area contributed by atoms with Crippen molar-refractivity contribution in [3.63, 3.8) is 0 Å². The van der Waals surface area contributed by atoms with Crippen molar-refractivity contribution >= 4 is 12.0 Å². The van der Waals surface area contributed by atoms with Gasteiger partial charge >= 0.3 is 0 Å². The third-order valence-electron chi connectivity index (χ3n) is 4.74. The number of benzene rings is 2. The van der Waals surface area contributed by atoms with Crippen LogP contribution < -0.4 is 0 Å². The molecular formula is C21H25FN2. The maximum atomic E-state index is 13.9. The van der Waals surface area contributed by atoms with E-state index in [4.69, 9.17) is 0 Å². The van der Waals surface area contributed by atoms with Crippen LogP contribution in [0, 0.1) is 19.7 Å². The van der Waals surface area contributed by atoms with Crippen molar-refractivity contribution in [3.05, 3.63) is 64.5 Å². The minimum absolute atomic E-state index is 0.137. The third-order valence-corrected chi connectivity index (χ3v) is 4.74. The first-order chi connectivity index (χ1) is 11.6. The van der Waals surface area contributed by atoms with Crippen LogP contribution in [0.5, 0.6) is 0 Å². The maximum Gasteiger partial charge on any atom is 0.126 e. The van der Waals surface area contributed by atoms with Crippen LogP contribution in [0.4, 0.5) is 10.1 Å². The molecule has 1 heterocycles. The Labute approximate surface area is 144 Å². The summed E-state index contributed by atoms with van der Waals surface area (Å²) in [5, 5.41) is 0. The summed E-state index contributed by atoms with van der Waals surface area (Å²) in [5.41, 5.74) is 5.21. The smallest absolute Gasteiger partial charge is 0.126 e. The van der Waals surface area contributed by atoms with Crippen LogP contribution >= 0.6 is 0 Å². The highest BCUT2D eigenvalue weighted by Gasteiger charge is 2.09. The summed E-state index contributed by atoms with van der Waals surface area (Å²) in [6.45, 7) is 6.36. The van der Waals surface area contributed by atoms with E-state index < -0.39 is 0 Å². The van der Waals surface area contributed by atoms with E-state index in [0.717, 1.165) is 41.0 Å². The molecule has 126 valence electrons. The average Bonchev–Trinajstić information content (AvgIpc) is 2.59. The van der Waals surface area contributed by atoms with Crippen LogP contribution in [-0.4, -0.2) is 24.3 Å². The molecule has 3 heteroatoms. The van der Waals surface area contributed by atoms with E-state index in [1.54, 1.807) is 6.07 Å². The van der Waals surface area contributed by atoms with Crippen LogP contribution in [0.3, 0.4) is 0 Å². The molecule has 0 N–H and O–H groups in total. The van der Waals surface area contributed by atoms with Gasteiger partial charge in [-0.05, 0) is 67.5 Å². The Morgan fingerprint density at radius 2 is 1.75 bits per heavy atom. The number of aliphatic imine (C=N–C) groups is 1. The third kappa shape index (κ3) is 4.02. The molecule has 0 atom stereocenters. The Balaban J connectivity index is 1.78. The molecular weight excluding hydrogens is 299 g/mol. The molecule has 0 aliphatic carbocycles. The van der Waals surface area contributed by atoms with Gasteiger partial charge in [0.15, 0.2) is 0 Å². The van der Waals surface area contributed by atoms with Gasteiger partial charge in [0.25, 0.3) is 0 Å². The van der Waals surface area contributed by atoms with Gasteiger partial charge in [-0.15, -0.1) is 0 Å². The summed E-state index contributed by atoms with van der Waals surface area (Å²) in [6.07, 6.45) is 6.44. The van der Waals surface area contributed by atoms with Crippen molar-refractivity contribution in [2.75, 3.05) is 13.1 Å². The molecule has 0 unspecified atom stereocenters. The van der Waals surface area contributed by atoms with Gasteiger partial charge in [-0.3, -0.25) is 0 Å². The predicted molar refractivity (Wildman–Crippen MR) is 98.7 cm³/mol. The van der Waals surface area contributed by atoms with E-state index in [9.17, 15) is 4.39 Å². The molecule has 24 heavy (non-hydrogen) atoms. The van der Waals surface area contributed by atoms with Gasteiger partial charge in [0.05, 0.1) is 12.0 Å². The number of hydrogen-bond acceptors (Lipinski definition) is 1. The van der Waals surface area contributed by atoms with E-state index in [1.807, 2.05) is 18.5 Å². The molecule has 0 amide bonds. The van der Waals surface area contributed by atoms with Crippen molar-refractivity contribution in [2.45, 2.75) is 39.5 Å². The molecule has 0 saturated carbocycles. The first-order valence-corrected chi connectivity index (χ1v) is 8.75. The number of halogens is 1. The minimum atomic E-state index is -0.137. The van der Waals surface area contributed by atoms with E-state index in [-0.39, 0.29) is 5.82 Å². The molecule has 0 radical (unpaired) electrons. The van der Waals surface area contributed by atoms with Crippen molar-refractivity contribution < 1.29 is 4.39 Å². The number of likely N-dealkylation sites (tertiary alicyclic amines) is 1. The summed E-state index contributed by atoms with van der Waals surface area (Å²) in [4.78, 5) is 6.98. The van der Waals surface area contributed by atoms with Crippen LogP contribution in [0.2, 0.25) is 0 Å². The molecule has 0 aromatic heterocycles. The van der Waals surface area contributed by atoms with Crippen molar-refractivity contribution in [2.24, 2.45) is 4.99 Å². The lowest BCUT2D eigenvalue weighted by molar-refractivity contribution is 0.351. The molecule has 0 bridgehead atoms. The summed E-state index contributed by atoms with van der Waals surface area (Å²) in [6, 6.07) is 11.3. The standard InChI is InChI=1S/C21H25FN2/c1-16-13-21(23-15-24-10-6-3-7-11-24)17(2)12-19(16)14-18-8-4-5-9-20(18)22/h4-5,8-9,12-13,15H,3,6-7,10-11,14H2,1-2H3. The Morgan fingerprint density at radius 3 is 2.50 bits per heavy atom. The molecule has 1 aliphatic rings. The zero-order valence-corrected chi connectivity index (χ0v) is 14.6. The van der Waals surface area contributed by atoms with Crippen LogP contribution in [-0.2, 0) is 6.42 Å². The van der Waals surface area contributed by atoms with Gasteiger partial charge in [-0.2, -0.15) is 0 Å². The van der Waals surface area contributed by atoms with E-state index >= 15 is 0 Å². The normalized spacial score (nSPS) is 15.2. The first kappa shape index (κ1) is 16.7. The Bertz CT molecular complexity index is 731. The van der Waals surface area contributed by atoms with E-state index in [1.165, 1.54) is 25.3 Å². The Morgan fingerprint density at radius 1 is 1.00 bits per heavy atom. The summed E-state index contributed by atoms with van der Waals surface area (Å²) in [5.74, 6) is -0.137. The molecule has 1 aliphatic heterocycles. The molecule has 2 aromatic carbocycles. The quantitative estimate of drug-likeness (QED) is 0.559.